The van der Waals surface area contributed by atoms with Crippen molar-refractivity contribution in [3.05, 3.63) is 57.7 Å². The summed E-state index contributed by atoms with van der Waals surface area (Å²) in [5, 5.41) is 3.05. The molecule has 2 aromatic rings. The Balaban J connectivity index is 2.06. The Morgan fingerprint density at radius 2 is 2.00 bits per heavy atom. The topological polar surface area (TPSA) is 24.9 Å². The minimum Gasteiger partial charge on any atom is -0.366 e. The van der Waals surface area contributed by atoms with E-state index in [2.05, 4.69) is 26.2 Å². The molecule has 0 saturated heterocycles. The fourth-order valence-corrected chi connectivity index (χ4v) is 1.70. The lowest BCUT2D eigenvalue weighted by Gasteiger charge is -2.07. The monoisotopic (exact) mass is 312 g/mol. The summed E-state index contributed by atoms with van der Waals surface area (Å²) >= 11 is 3.36. The van der Waals surface area contributed by atoms with Gasteiger partial charge in [-0.25, -0.2) is 13.8 Å². The molecule has 18 heavy (non-hydrogen) atoms. The second-order valence-electron chi connectivity index (χ2n) is 3.92. The van der Waals surface area contributed by atoms with Crippen molar-refractivity contribution in [2.45, 2.75) is 13.5 Å². The molecule has 0 aliphatic carbocycles. The molecule has 0 atom stereocenters. The van der Waals surface area contributed by atoms with Crippen molar-refractivity contribution in [2.75, 3.05) is 5.32 Å². The number of rotatable bonds is 3. The van der Waals surface area contributed by atoms with Crippen LogP contribution in [0.25, 0.3) is 0 Å². The normalized spacial score (nSPS) is 10.4. The smallest absolute Gasteiger partial charge is 0.159 e. The maximum absolute atomic E-state index is 13.0. The van der Waals surface area contributed by atoms with Gasteiger partial charge in [0.15, 0.2) is 11.6 Å². The first-order valence-corrected chi connectivity index (χ1v) is 6.15. The quantitative estimate of drug-likeness (QED) is 0.925. The number of benzene rings is 1. The van der Waals surface area contributed by atoms with Crippen LogP contribution in [0.3, 0.4) is 0 Å². The molecule has 0 aliphatic heterocycles. The average molecular weight is 313 g/mol. The van der Waals surface area contributed by atoms with Gasteiger partial charge in [-0.15, -0.1) is 0 Å². The summed E-state index contributed by atoms with van der Waals surface area (Å²) in [6.07, 6.45) is 1.70. The van der Waals surface area contributed by atoms with Crippen LogP contribution in [0, 0.1) is 18.6 Å². The maximum atomic E-state index is 13.0. The van der Waals surface area contributed by atoms with E-state index in [0.717, 1.165) is 16.1 Å². The van der Waals surface area contributed by atoms with Crippen LogP contribution < -0.4 is 5.32 Å². The Labute approximate surface area is 112 Å². The van der Waals surface area contributed by atoms with E-state index >= 15 is 0 Å². The Morgan fingerprint density at radius 3 is 2.67 bits per heavy atom. The predicted molar refractivity (Wildman–Crippen MR) is 70.4 cm³/mol. The molecular formula is C13H11BrF2N2. The summed E-state index contributed by atoms with van der Waals surface area (Å²) in [5.41, 5.74) is 1.72. The third kappa shape index (κ3) is 3.04. The highest BCUT2D eigenvalue weighted by molar-refractivity contribution is 9.10. The Bertz CT molecular complexity index is 521. The van der Waals surface area contributed by atoms with Crippen LogP contribution in [0.15, 0.2) is 34.9 Å². The zero-order chi connectivity index (χ0) is 13.1. The number of hydrogen-bond donors (Lipinski definition) is 1. The van der Waals surface area contributed by atoms with Crippen LogP contribution >= 0.6 is 15.9 Å². The van der Waals surface area contributed by atoms with Crippen molar-refractivity contribution in [1.82, 2.24) is 4.98 Å². The van der Waals surface area contributed by atoms with Gasteiger partial charge in [0.05, 0.1) is 0 Å². The van der Waals surface area contributed by atoms with Crippen LogP contribution in [-0.2, 0) is 6.54 Å². The van der Waals surface area contributed by atoms with E-state index < -0.39 is 11.6 Å². The lowest BCUT2D eigenvalue weighted by molar-refractivity contribution is 0.507. The molecule has 0 amide bonds. The van der Waals surface area contributed by atoms with Gasteiger partial charge in [0.1, 0.15) is 5.82 Å². The van der Waals surface area contributed by atoms with Gasteiger partial charge in [0, 0.05) is 17.2 Å². The summed E-state index contributed by atoms with van der Waals surface area (Å²) in [7, 11) is 0. The lowest BCUT2D eigenvalue weighted by atomic mass is 10.2. The number of aromatic nitrogens is 1. The number of anilines is 1. The van der Waals surface area contributed by atoms with Gasteiger partial charge >= 0.3 is 0 Å². The minimum absolute atomic E-state index is 0.394. The standard InChI is InChI=1S/C13H11BrF2N2/c1-8-4-13(18-7-10(8)14)17-6-9-2-3-11(15)12(16)5-9/h2-5,7H,6H2,1H3,(H,17,18). The molecule has 0 radical (unpaired) electrons. The summed E-state index contributed by atoms with van der Waals surface area (Å²) in [5.74, 6) is -0.981. The van der Waals surface area contributed by atoms with Gasteiger partial charge in [-0.05, 0) is 52.2 Å². The van der Waals surface area contributed by atoms with Crippen molar-refractivity contribution in [1.29, 1.82) is 0 Å². The van der Waals surface area contributed by atoms with E-state index in [9.17, 15) is 8.78 Å². The van der Waals surface area contributed by atoms with Gasteiger partial charge in [-0.2, -0.15) is 0 Å². The molecule has 94 valence electrons. The van der Waals surface area contributed by atoms with E-state index in [-0.39, 0.29) is 0 Å². The third-order valence-corrected chi connectivity index (χ3v) is 3.33. The molecule has 0 aliphatic rings. The van der Waals surface area contributed by atoms with Crippen molar-refractivity contribution >= 4 is 21.7 Å². The Hall–Kier alpha value is -1.49. The second-order valence-corrected chi connectivity index (χ2v) is 4.78. The third-order valence-electron chi connectivity index (χ3n) is 2.50. The lowest BCUT2D eigenvalue weighted by Crippen LogP contribution is -2.02. The molecule has 0 fully saturated rings. The zero-order valence-corrected chi connectivity index (χ0v) is 11.3. The van der Waals surface area contributed by atoms with Crippen LogP contribution in [0.4, 0.5) is 14.6 Å². The van der Waals surface area contributed by atoms with E-state index in [1.54, 1.807) is 6.20 Å². The average Bonchev–Trinajstić information content (AvgIpc) is 2.35. The van der Waals surface area contributed by atoms with Crippen LogP contribution in [0.2, 0.25) is 0 Å². The summed E-state index contributed by atoms with van der Waals surface area (Å²) < 4.78 is 26.7. The predicted octanol–water partition coefficient (Wildman–Crippen LogP) is 4.04. The van der Waals surface area contributed by atoms with Gasteiger partial charge < -0.3 is 5.32 Å². The minimum atomic E-state index is -0.839. The van der Waals surface area contributed by atoms with Crippen molar-refractivity contribution < 1.29 is 8.78 Å². The van der Waals surface area contributed by atoms with Crippen LogP contribution in [-0.4, -0.2) is 4.98 Å². The molecule has 0 unspecified atom stereocenters. The SMILES string of the molecule is Cc1cc(NCc2ccc(F)c(F)c2)ncc1Br. The molecule has 5 heteroatoms. The molecule has 0 spiro atoms. The summed E-state index contributed by atoms with van der Waals surface area (Å²) in [6.45, 7) is 2.35. The van der Waals surface area contributed by atoms with Crippen LogP contribution in [0.1, 0.15) is 11.1 Å². The van der Waals surface area contributed by atoms with E-state index in [4.69, 9.17) is 0 Å². The van der Waals surface area contributed by atoms with Gasteiger partial charge in [0.25, 0.3) is 0 Å². The Kier molecular flexibility index (Phi) is 3.91. The van der Waals surface area contributed by atoms with Gasteiger partial charge in [0.2, 0.25) is 0 Å². The highest BCUT2D eigenvalue weighted by Crippen LogP contribution is 2.18. The number of halogens is 3. The van der Waals surface area contributed by atoms with Gasteiger partial charge in [-0.3, -0.25) is 0 Å². The molecule has 2 nitrogen and oxygen atoms in total. The fourth-order valence-electron chi connectivity index (χ4n) is 1.48. The van der Waals surface area contributed by atoms with Gasteiger partial charge in [-0.1, -0.05) is 6.07 Å². The number of pyridine rings is 1. The maximum Gasteiger partial charge on any atom is 0.159 e. The zero-order valence-electron chi connectivity index (χ0n) is 9.67. The molecule has 2 rings (SSSR count). The number of hydrogen-bond acceptors (Lipinski definition) is 2. The van der Waals surface area contributed by atoms with E-state index in [0.29, 0.717) is 17.9 Å². The molecular weight excluding hydrogens is 302 g/mol. The summed E-state index contributed by atoms with van der Waals surface area (Å²) in [4.78, 5) is 4.17. The Morgan fingerprint density at radius 1 is 1.22 bits per heavy atom. The number of aryl methyl sites for hydroxylation is 1. The largest absolute Gasteiger partial charge is 0.366 e. The highest BCUT2D eigenvalue weighted by atomic mass is 79.9. The first-order valence-electron chi connectivity index (χ1n) is 5.36. The first-order chi connectivity index (χ1) is 8.56. The second kappa shape index (κ2) is 5.44. The number of nitrogens with one attached hydrogen (secondary N) is 1. The van der Waals surface area contributed by atoms with Crippen molar-refractivity contribution in [2.24, 2.45) is 0 Å². The van der Waals surface area contributed by atoms with Crippen molar-refractivity contribution in [3.63, 3.8) is 0 Å². The molecule has 1 heterocycles. The number of nitrogens with zero attached hydrogens (tertiary/aromatic N) is 1. The van der Waals surface area contributed by atoms with Crippen molar-refractivity contribution in [3.8, 4) is 0 Å². The van der Waals surface area contributed by atoms with E-state index in [1.165, 1.54) is 12.1 Å². The molecule has 1 N–H and O–H groups in total. The fraction of sp³-hybridized carbons (Fsp3) is 0.154. The molecule has 0 bridgehead atoms. The summed E-state index contributed by atoms with van der Waals surface area (Å²) in [6, 6.07) is 5.71. The molecule has 0 saturated carbocycles. The molecule has 1 aromatic carbocycles. The van der Waals surface area contributed by atoms with Crippen LogP contribution in [0.5, 0.6) is 0 Å². The highest BCUT2D eigenvalue weighted by Gasteiger charge is 2.03. The van der Waals surface area contributed by atoms with E-state index in [1.807, 2.05) is 13.0 Å². The first kappa shape index (κ1) is 13.0. The molecule has 1 aromatic heterocycles.